The largest absolute Gasteiger partial charge is 0.501 e. The molecule has 0 atom stereocenters. The molecule has 0 heterocycles. The number of ether oxygens (including phenoxy) is 1. The standard InChI is InChI=1S/C19H14F4N2O4S/c1-11-15(3-6-18(26)25-2)17(30(27,28)19(21,22)23)5-4-16(11)29-14-8-12(10-24)7-13(20)9-14/h3-9H,1-2H3,(H,25,26). The fraction of sp³-hybridized carbons (Fsp3) is 0.158. The number of carbonyl (C=O) groups is 1. The number of sulfone groups is 1. The van der Waals surface area contributed by atoms with Gasteiger partial charge in [0.2, 0.25) is 5.91 Å². The third-order valence-electron chi connectivity index (χ3n) is 3.90. The lowest BCUT2D eigenvalue weighted by Crippen LogP contribution is -2.24. The van der Waals surface area contributed by atoms with Crippen molar-refractivity contribution in [3.05, 3.63) is 58.9 Å². The smallest absolute Gasteiger partial charge is 0.457 e. The minimum Gasteiger partial charge on any atom is -0.457 e. The minimum absolute atomic E-state index is 0.0525. The zero-order valence-electron chi connectivity index (χ0n) is 15.5. The van der Waals surface area contributed by atoms with Crippen molar-refractivity contribution in [3.63, 3.8) is 0 Å². The van der Waals surface area contributed by atoms with Crippen molar-refractivity contribution in [2.24, 2.45) is 0 Å². The Morgan fingerprint density at radius 2 is 1.90 bits per heavy atom. The highest BCUT2D eigenvalue weighted by molar-refractivity contribution is 7.92. The van der Waals surface area contributed by atoms with Crippen LogP contribution in [0.25, 0.3) is 6.08 Å². The predicted octanol–water partition coefficient (Wildman–Crippen LogP) is 3.85. The second-order valence-electron chi connectivity index (χ2n) is 5.89. The van der Waals surface area contributed by atoms with E-state index in [0.29, 0.717) is 6.07 Å². The van der Waals surface area contributed by atoms with Crippen LogP contribution in [0, 0.1) is 24.1 Å². The Hall–Kier alpha value is -3.39. The molecular formula is C19H14F4N2O4S. The van der Waals surface area contributed by atoms with Crippen molar-refractivity contribution in [1.82, 2.24) is 5.32 Å². The van der Waals surface area contributed by atoms with Gasteiger partial charge in [-0.3, -0.25) is 4.79 Å². The molecular weight excluding hydrogens is 428 g/mol. The van der Waals surface area contributed by atoms with Crippen LogP contribution in [0.2, 0.25) is 0 Å². The van der Waals surface area contributed by atoms with Gasteiger partial charge in [0.15, 0.2) is 0 Å². The van der Waals surface area contributed by atoms with Crippen LogP contribution in [0.5, 0.6) is 11.5 Å². The Bertz CT molecular complexity index is 1170. The van der Waals surface area contributed by atoms with Crippen molar-refractivity contribution in [3.8, 4) is 17.6 Å². The summed E-state index contributed by atoms with van der Waals surface area (Å²) in [6.07, 6.45) is 1.77. The number of hydrogen-bond donors (Lipinski definition) is 1. The van der Waals surface area contributed by atoms with Gasteiger partial charge in [-0.2, -0.15) is 18.4 Å². The van der Waals surface area contributed by atoms with Gasteiger partial charge in [-0.05, 0) is 37.3 Å². The predicted molar refractivity (Wildman–Crippen MR) is 98.7 cm³/mol. The molecule has 0 fully saturated rings. The van der Waals surface area contributed by atoms with Crippen LogP contribution >= 0.6 is 0 Å². The Balaban J connectivity index is 2.66. The number of halogens is 4. The summed E-state index contributed by atoms with van der Waals surface area (Å²) in [5.74, 6) is -1.68. The van der Waals surface area contributed by atoms with Gasteiger partial charge in [-0.1, -0.05) is 0 Å². The van der Waals surface area contributed by atoms with E-state index in [9.17, 15) is 30.8 Å². The average Bonchev–Trinajstić information content (AvgIpc) is 2.66. The van der Waals surface area contributed by atoms with Gasteiger partial charge in [0.25, 0.3) is 9.84 Å². The molecule has 11 heteroatoms. The van der Waals surface area contributed by atoms with Crippen molar-refractivity contribution < 1.29 is 35.5 Å². The van der Waals surface area contributed by atoms with Crippen LogP contribution in [0.1, 0.15) is 16.7 Å². The van der Waals surface area contributed by atoms with Crippen molar-refractivity contribution in [1.29, 1.82) is 5.26 Å². The lowest BCUT2D eigenvalue weighted by atomic mass is 10.1. The summed E-state index contributed by atoms with van der Waals surface area (Å²) in [4.78, 5) is 10.4. The quantitative estimate of drug-likeness (QED) is 0.561. The van der Waals surface area contributed by atoms with Gasteiger partial charge < -0.3 is 10.1 Å². The summed E-state index contributed by atoms with van der Waals surface area (Å²) >= 11 is 0. The Kier molecular flexibility index (Phi) is 6.52. The third-order valence-corrected chi connectivity index (χ3v) is 5.44. The summed E-state index contributed by atoms with van der Waals surface area (Å²) in [6, 6.07) is 6.48. The van der Waals surface area contributed by atoms with E-state index in [1.54, 1.807) is 6.07 Å². The third kappa shape index (κ3) is 4.77. The number of alkyl halides is 3. The maximum Gasteiger partial charge on any atom is 0.501 e. The zero-order chi connectivity index (χ0) is 22.7. The number of nitrogens with zero attached hydrogens (tertiary/aromatic N) is 1. The van der Waals surface area contributed by atoms with E-state index >= 15 is 0 Å². The van der Waals surface area contributed by atoms with Gasteiger partial charge in [-0.25, -0.2) is 12.8 Å². The van der Waals surface area contributed by atoms with Gasteiger partial charge in [0, 0.05) is 30.3 Å². The Morgan fingerprint density at radius 1 is 1.23 bits per heavy atom. The molecule has 0 aliphatic rings. The maximum absolute atomic E-state index is 13.6. The van der Waals surface area contributed by atoms with Crippen LogP contribution in [0.3, 0.4) is 0 Å². The topological polar surface area (TPSA) is 96.3 Å². The van der Waals surface area contributed by atoms with Crippen LogP contribution in [0.4, 0.5) is 17.6 Å². The Morgan fingerprint density at radius 3 is 2.47 bits per heavy atom. The van der Waals surface area contributed by atoms with Crippen molar-refractivity contribution in [2.45, 2.75) is 17.3 Å². The molecule has 2 aromatic rings. The number of amides is 1. The van der Waals surface area contributed by atoms with Crippen LogP contribution in [-0.4, -0.2) is 26.9 Å². The molecule has 6 nitrogen and oxygen atoms in total. The monoisotopic (exact) mass is 442 g/mol. The molecule has 0 aromatic heterocycles. The molecule has 30 heavy (non-hydrogen) atoms. The van der Waals surface area contributed by atoms with Crippen molar-refractivity contribution >= 4 is 21.8 Å². The van der Waals surface area contributed by atoms with E-state index in [4.69, 9.17) is 10.00 Å². The summed E-state index contributed by atoms with van der Waals surface area (Å²) in [7, 11) is -4.45. The van der Waals surface area contributed by atoms with Gasteiger partial charge in [-0.15, -0.1) is 0 Å². The molecule has 158 valence electrons. The number of rotatable bonds is 5. The highest BCUT2D eigenvalue weighted by Crippen LogP contribution is 2.38. The molecule has 0 bridgehead atoms. The molecule has 0 saturated carbocycles. The van der Waals surface area contributed by atoms with E-state index in [-0.39, 0.29) is 22.6 Å². The first-order valence-corrected chi connectivity index (χ1v) is 9.62. The molecule has 0 unspecified atom stereocenters. The molecule has 0 spiro atoms. The fourth-order valence-corrected chi connectivity index (χ4v) is 3.42. The maximum atomic E-state index is 13.6. The molecule has 2 aromatic carbocycles. The number of likely N-dealkylation sites (N-methyl/N-ethyl adjacent to an activating group) is 1. The van der Waals surface area contributed by atoms with Crippen LogP contribution < -0.4 is 10.1 Å². The first kappa shape index (κ1) is 22.9. The second-order valence-corrected chi connectivity index (χ2v) is 7.80. The average molecular weight is 442 g/mol. The summed E-state index contributed by atoms with van der Waals surface area (Å²) in [5, 5.41) is 11.1. The number of carbonyl (C=O) groups excluding carboxylic acids is 1. The first-order chi connectivity index (χ1) is 13.9. The highest BCUT2D eigenvalue weighted by Gasteiger charge is 2.48. The second kappa shape index (κ2) is 8.54. The lowest BCUT2D eigenvalue weighted by Gasteiger charge is -2.16. The normalized spacial score (nSPS) is 11.9. The molecule has 0 aliphatic heterocycles. The molecule has 1 amide bonds. The number of benzene rings is 2. The summed E-state index contributed by atoms with van der Waals surface area (Å²) in [6.45, 7) is 1.28. The number of nitriles is 1. The minimum atomic E-state index is -5.73. The van der Waals surface area contributed by atoms with E-state index in [0.717, 1.165) is 30.4 Å². The SMILES string of the molecule is CNC(=O)C=Cc1c(S(=O)(=O)C(F)(F)F)ccc(Oc2cc(F)cc(C#N)c2)c1C. The molecule has 2 rings (SSSR count). The first-order valence-electron chi connectivity index (χ1n) is 8.14. The van der Waals surface area contributed by atoms with Crippen LogP contribution in [0.15, 0.2) is 41.3 Å². The highest BCUT2D eigenvalue weighted by atomic mass is 32.2. The van der Waals surface area contributed by atoms with E-state index < -0.39 is 37.5 Å². The lowest BCUT2D eigenvalue weighted by molar-refractivity contribution is -0.115. The fourth-order valence-electron chi connectivity index (χ4n) is 2.42. The Labute approximate surface area is 169 Å². The summed E-state index contributed by atoms with van der Waals surface area (Å²) < 4.78 is 82.2. The van der Waals surface area contributed by atoms with E-state index in [1.165, 1.54) is 20.0 Å². The number of nitrogens with one attached hydrogen (secondary N) is 1. The molecule has 0 aliphatic carbocycles. The summed E-state index contributed by atoms with van der Waals surface area (Å²) in [5.41, 5.74) is -6.10. The molecule has 0 saturated heterocycles. The van der Waals surface area contributed by atoms with Crippen LogP contribution in [-0.2, 0) is 14.6 Å². The van der Waals surface area contributed by atoms with E-state index in [1.807, 2.05) is 0 Å². The van der Waals surface area contributed by atoms with Gasteiger partial charge in [0.05, 0.1) is 16.5 Å². The van der Waals surface area contributed by atoms with Gasteiger partial charge >= 0.3 is 5.51 Å². The molecule has 1 N–H and O–H groups in total. The van der Waals surface area contributed by atoms with E-state index in [2.05, 4.69) is 5.32 Å². The van der Waals surface area contributed by atoms with Gasteiger partial charge in [0.1, 0.15) is 17.3 Å². The zero-order valence-corrected chi connectivity index (χ0v) is 16.4. The molecule has 0 radical (unpaired) electrons. The van der Waals surface area contributed by atoms with Crippen molar-refractivity contribution in [2.75, 3.05) is 7.05 Å². The number of hydrogen-bond acceptors (Lipinski definition) is 5.